The van der Waals surface area contributed by atoms with Gasteiger partial charge in [-0.3, -0.25) is 14.7 Å². The Morgan fingerprint density at radius 3 is 0.848 bits per heavy atom. The molecule has 0 aromatic heterocycles. The summed E-state index contributed by atoms with van der Waals surface area (Å²) in [6.45, 7) is -0.469. The van der Waals surface area contributed by atoms with Crippen molar-refractivity contribution in [1.29, 1.82) is 0 Å². The summed E-state index contributed by atoms with van der Waals surface area (Å²) in [5, 5.41) is 62.3. The van der Waals surface area contributed by atoms with Gasteiger partial charge in [0.1, 0.15) is 0 Å². The smallest absolute Gasteiger partial charge is 0.548 e. The monoisotopic (exact) mass is 501 g/mol. The molecule has 0 aromatic rings. The van der Waals surface area contributed by atoms with Crippen LogP contribution in [0, 0.1) is 0 Å². The third-order valence-electron chi connectivity index (χ3n) is 5.37. The van der Waals surface area contributed by atoms with Crippen molar-refractivity contribution in [2.75, 3.05) is 59.1 Å². The summed E-state index contributed by atoms with van der Waals surface area (Å²) in [6.07, 6.45) is -0.323. The summed E-state index contributed by atoms with van der Waals surface area (Å²) in [5.74, 6) is -4.21. The summed E-state index contributed by atoms with van der Waals surface area (Å²) in [6, 6.07) is -3.43. The SMILES string of the molecule is O=C([O-])C(CCO)N1CCN(C(CCO)C(=O)[O-])CCN(C(CCO)C(=O)[O-])CC1.[Na+].[Na+].[Na+]. The largest absolute Gasteiger partial charge is 1.00 e. The average Bonchev–Trinajstić information content (AvgIpc) is 2.78. The van der Waals surface area contributed by atoms with E-state index in [1.54, 1.807) is 0 Å². The zero-order valence-corrected chi connectivity index (χ0v) is 25.9. The summed E-state index contributed by atoms with van der Waals surface area (Å²) in [5.41, 5.74) is 0. The molecule has 3 unspecified atom stereocenters. The van der Waals surface area contributed by atoms with Crippen molar-refractivity contribution in [1.82, 2.24) is 14.7 Å². The van der Waals surface area contributed by atoms with Crippen LogP contribution in [0.4, 0.5) is 0 Å². The number of carbonyl (C=O) groups is 3. The molecule has 15 heteroatoms. The summed E-state index contributed by atoms with van der Waals surface area (Å²) < 4.78 is 0. The molecule has 1 heterocycles. The van der Waals surface area contributed by atoms with Gasteiger partial charge in [0.05, 0.1) is 36.0 Å². The van der Waals surface area contributed by atoms with Crippen molar-refractivity contribution in [3.8, 4) is 0 Å². The Balaban J connectivity index is -0.00000300. The van der Waals surface area contributed by atoms with Crippen LogP contribution in [0.2, 0.25) is 0 Å². The summed E-state index contributed by atoms with van der Waals surface area (Å²) in [4.78, 5) is 39.2. The number of aliphatic hydroxyl groups excluding tert-OH is 3. The van der Waals surface area contributed by atoms with Gasteiger partial charge in [0.15, 0.2) is 0 Å². The fourth-order valence-corrected chi connectivity index (χ4v) is 3.76. The number of carbonyl (C=O) groups excluding carboxylic acids is 3. The van der Waals surface area contributed by atoms with Crippen LogP contribution in [0.25, 0.3) is 0 Å². The standard InChI is InChI=1S/C18H33N3O9.3Na/c22-10-1-13(16(25)26)19-4-6-20(14(2-11-23)17(27)28)8-9-21(7-5-19)15(3-12-24)18(29)30;;;/h13-15,22-24H,1-12H2,(H,25,26)(H,27,28)(H,29,30);;;/q;3*+1/p-3. The number of aliphatic hydroxyl groups is 3. The van der Waals surface area contributed by atoms with Crippen LogP contribution in [-0.2, 0) is 14.4 Å². The van der Waals surface area contributed by atoms with Crippen molar-refractivity contribution in [2.45, 2.75) is 37.4 Å². The molecule has 3 atom stereocenters. The van der Waals surface area contributed by atoms with Crippen LogP contribution in [0.15, 0.2) is 0 Å². The first kappa shape index (κ1) is 38.7. The Morgan fingerprint density at radius 2 is 0.727 bits per heavy atom. The van der Waals surface area contributed by atoms with E-state index in [-0.39, 0.29) is 147 Å². The minimum absolute atomic E-state index is 0. The minimum Gasteiger partial charge on any atom is -0.548 e. The van der Waals surface area contributed by atoms with Gasteiger partial charge in [-0.2, -0.15) is 0 Å². The second kappa shape index (κ2) is 21.3. The molecule has 33 heavy (non-hydrogen) atoms. The van der Waals surface area contributed by atoms with E-state index >= 15 is 0 Å². The van der Waals surface area contributed by atoms with Crippen LogP contribution >= 0.6 is 0 Å². The molecule has 174 valence electrons. The van der Waals surface area contributed by atoms with Crippen LogP contribution < -0.4 is 104 Å². The Hall–Kier alpha value is 1.17. The normalized spacial score (nSPS) is 18.6. The van der Waals surface area contributed by atoms with E-state index in [0.717, 1.165) is 0 Å². The predicted molar refractivity (Wildman–Crippen MR) is 96.2 cm³/mol. The molecule has 1 saturated heterocycles. The van der Waals surface area contributed by atoms with E-state index in [4.69, 9.17) is 0 Å². The molecule has 0 bridgehead atoms. The van der Waals surface area contributed by atoms with Crippen molar-refractivity contribution in [3.63, 3.8) is 0 Å². The van der Waals surface area contributed by atoms with E-state index < -0.39 is 55.9 Å². The van der Waals surface area contributed by atoms with E-state index in [2.05, 4.69) is 0 Å². The van der Waals surface area contributed by atoms with Gasteiger partial charge in [-0.1, -0.05) is 0 Å². The van der Waals surface area contributed by atoms with Gasteiger partial charge in [0.2, 0.25) is 0 Å². The topological polar surface area (TPSA) is 191 Å². The Bertz CT molecular complexity index is 489. The number of aliphatic carboxylic acids is 3. The third kappa shape index (κ3) is 13.3. The third-order valence-corrected chi connectivity index (χ3v) is 5.37. The maximum atomic E-state index is 11.6. The minimum atomic E-state index is -1.40. The number of hydrogen-bond donors (Lipinski definition) is 3. The second-order valence-corrected chi connectivity index (χ2v) is 7.15. The fourth-order valence-electron chi connectivity index (χ4n) is 3.76. The van der Waals surface area contributed by atoms with Gasteiger partial charge in [-0.25, -0.2) is 0 Å². The molecule has 12 nitrogen and oxygen atoms in total. The van der Waals surface area contributed by atoms with Gasteiger partial charge in [-0.15, -0.1) is 0 Å². The molecule has 0 radical (unpaired) electrons. The van der Waals surface area contributed by atoms with Gasteiger partial charge >= 0.3 is 88.7 Å². The molecule has 0 aliphatic carbocycles. The number of carboxylic acids is 3. The molecule has 1 rings (SSSR count). The molecular formula is C18H30N3Na3O9. The predicted octanol–water partition coefficient (Wildman–Crippen LogP) is -15.6. The van der Waals surface area contributed by atoms with Crippen LogP contribution in [-0.4, -0.2) is 125 Å². The molecule has 1 fully saturated rings. The number of nitrogens with zero attached hydrogens (tertiary/aromatic N) is 3. The van der Waals surface area contributed by atoms with Crippen molar-refractivity contribution < 1.29 is 134 Å². The van der Waals surface area contributed by atoms with Crippen LogP contribution in [0.5, 0.6) is 0 Å². The molecule has 0 saturated carbocycles. The quantitative estimate of drug-likeness (QED) is 0.214. The molecule has 3 N–H and O–H groups in total. The molecule has 0 spiro atoms. The summed E-state index contributed by atoms with van der Waals surface area (Å²) in [7, 11) is 0. The number of carboxylic acid groups (broad SMARTS) is 3. The first-order valence-corrected chi connectivity index (χ1v) is 9.94. The van der Waals surface area contributed by atoms with Crippen LogP contribution in [0.1, 0.15) is 19.3 Å². The maximum Gasteiger partial charge on any atom is 1.00 e. The molecule has 0 aromatic carbocycles. The fraction of sp³-hybridized carbons (Fsp3) is 0.833. The maximum absolute atomic E-state index is 11.6. The van der Waals surface area contributed by atoms with Gasteiger partial charge in [-0.05, 0) is 19.3 Å². The molecule has 1 aliphatic rings. The van der Waals surface area contributed by atoms with Crippen LogP contribution in [0.3, 0.4) is 0 Å². The Morgan fingerprint density at radius 1 is 0.545 bits per heavy atom. The first-order valence-electron chi connectivity index (χ1n) is 9.94. The van der Waals surface area contributed by atoms with E-state index in [1.807, 2.05) is 0 Å². The number of hydrogen-bond acceptors (Lipinski definition) is 12. The zero-order valence-electron chi connectivity index (χ0n) is 19.9. The summed E-state index contributed by atoms with van der Waals surface area (Å²) >= 11 is 0. The molecule has 1 aliphatic heterocycles. The van der Waals surface area contributed by atoms with E-state index in [1.165, 1.54) is 14.7 Å². The van der Waals surface area contributed by atoms with Gasteiger partial charge in [0.25, 0.3) is 0 Å². The van der Waals surface area contributed by atoms with Crippen molar-refractivity contribution >= 4 is 17.9 Å². The second-order valence-electron chi connectivity index (χ2n) is 7.15. The van der Waals surface area contributed by atoms with Gasteiger partial charge in [0, 0.05) is 59.1 Å². The number of rotatable bonds is 12. The van der Waals surface area contributed by atoms with Crippen molar-refractivity contribution in [3.05, 3.63) is 0 Å². The Labute approximate surface area is 260 Å². The first-order chi connectivity index (χ1) is 14.3. The van der Waals surface area contributed by atoms with Gasteiger partial charge < -0.3 is 45.0 Å². The average molecular weight is 501 g/mol. The van der Waals surface area contributed by atoms with E-state index in [9.17, 15) is 45.0 Å². The molecule has 0 amide bonds. The molecular weight excluding hydrogens is 471 g/mol. The van der Waals surface area contributed by atoms with Crippen molar-refractivity contribution in [2.24, 2.45) is 0 Å². The zero-order chi connectivity index (χ0) is 22.7. The van der Waals surface area contributed by atoms with E-state index in [0.29, 0.717) is 0 Å². The Kier molecular flexibility index (Phi) is 24.9.